The normalized spacial score (nSPS) is 18.8. The molecule has 2 heterocycles. The SMILES string of the molecule is Cc1ccc2[nH]c3c(c2c1)CC(NS(=O)(=O)c1ccc2c(c1)CC(=O)N2)CC3. The zero-order valence-electron chi connectivity index (χ0n) is 15.5. The predicted molar refractivity (Wildman–Crippen MR) is 108 cm³/mol. The van der Waals surface area contributed by atoms with E-state index in [1.165, 1.54) is 22.2 Å². The topological polar surface area (TPSA) is 91.1 Å². The number of aromatic amines is 1. The number of amides is 1. The maximum Gasteiger partial charge on any atom is 0.240 e. The van der Waals surface area contributed by atoms with Crippen molar-refractivity contribution in [3.63, 3.8) is 0 Å². The molecule has 1 unspecified atom stereocenters. The molecule has 0 saturated carbocycles. The summed E-state index contributed by atoms with van der Waals surface area (Å²) in [5, 5.41) is 3.91. The minimum absolute atomic E-state index is 0.105. The molecule has 1 aromatic heterocycles. The standard InChI is InChI=1S/C21H21N3O3S/c1-12-2-5-19-16(8-12)17-11-14(3-6-20(17)22-19)24-28(26,27)15-4-7-18-13(9-15)10-21(25)23-18/h2,4-5,7-9,14,22,24H,3,6,10-11H2,1H3,(H,23,25). The van der Waals surface area contributed by atoms with Gasteiger partial charge in [0.2, 0.25) is 15.9 Å². The fraction of sp³-hybridized carbons (Fsp3) is 0.286. The Bertz CT molecular complexity index is 1230. The number of sulfonamides is 1. The number of hydrogen-bond donors (Lipinski definition) is 3. The number of H-pyrrole nitrogens is 1. The lowest BCUT2D eigenvalue weighted by Crippen LogP contribution is -2.38. The number of anilines is 1. The summed E-state index contributed by atoms with van der Waals surface area (Å²) >= 11 is 0. The van der Waals surface area contributed by atoms with Crippen LogP contribution in [0.1, 0.15) is 28.8 Å². The van der Waals surface area contributed by atoms with Crippen LogP contribution in [0.15, 0.2) is 41.3 Å². The molecule has 2 aromatic carbocycles. The highest BCUT2D eigenvalue weighted by atomic mass is 32.2. The van der Waals surface area contributed by atoms with Gasteiger partial charge in [-0.3, -0.25) is 4.79 Å². The number of nitrogens with one attached hydrogen (secondary N) is 3. The van der Waals surface area contributed by atoms with Gasteiger partial charge in [-0.05, 0) is 67.6 Å². The second-order valence-corrected chi connectivity index (χ2v) is 9.45. The number of aromatic nitrogens is 1. The van der Waals surface area contributed by atoms with Crippen LogP contribution in [0.5, 0.6) is 0 Å². The van der Waals surface area contributed by atoms with Crippen LogP contribution in [0.3, 0.4) is 0 Å². The third-order valence-electron chi connectivity index (χ3n) is 5.68. The largest absolute Gasteiger partial charge is 0.358 e. The average molecular weight is 395 g/mol. The van der Waals surface area contributed by atoms with Crippen molar-refractivity contribution in [3.05, 3.63) is 58.8 Å². The highest BCUT2D eigenvalue weighted by Crippen LogP contribution is 2.31. The lowest BCUT2D eigenvalue weighted by molar-refractivity contribution is -0.115. The van der Waals surface area contributed by atoms with E-state index >= 15 is 0 Å². The van der Waals surface area contributed by atoms with Crippen LogP contribution in [-0.4, -0.2) is 25.4 Å². The third-order valence-corrected chi connectivity index (χ3v) is 7.20. The van der Waals surface area contributed by atoms with Gasteiger partial charge in [0.05, 0.1) is 11.3 Å². The van der Waals surface area contributed by atoms with Crippen molar-refractivity contribution in [1.29, 1.82) is 0 Å². The van der Waals surface area contributed by atoms with E-state index < -0.39 is 10.0 Å². The number of benzene rings is 2. The second-order valence-electron chi connectivity index (χ2n) is 7.74. The smallest absolute Gasteiger partial charge is 0.240 e. The third kappa shape index (κ3) is 2.91. The molecule has 2 aliphatic rings. The van der Waals surface area contributed by atoms with Crippen molar-refractivity contribution in [2.45, 2.75) is 43.5 Å². The Morgan fingerprint density at radius 3 is 2.86 bits per heavy atom. The van der Waals surface area contributed by atoms with Crippen molar-refractivity contribution in [3.8, 4) is 0 Å². The van der Waals surface area contributed by atoms with Crippen LogP contribution >= 0.6 is 0 Å². The molecular weight excluding hydrogens is 374 g/mol. The first-order valence-corrected chi connectivity index (χ1v) is 10.9. The molecule has 0 bridgehead atoms. The van der Waals surface area contributed by atoms with Crippen LogP contribution in [0.2, 0.25) is 0 Å². The molecule has 1 amide bonds. The molecule has 0 spiro atoms. The van der Waals surface area contributed by atoms with Crippen molar-refractivity contribution in [2.75, 3.05) is 5.32 Å². The van der Waals surface area contributed by atoms with Crippen LogP contribution < -0.4 is 10.0 Å². The van der Waals surface area contributed by atoms with E-state index in [-0.39, 0.29) is 23.3 Å². The Balaban J connectivity index is 1.41. The summed E-state index contributed by atoms with van der Waals surface area (Å²) in [4.78, 5) is 15.2. The maximum atomic E-state index is 12.9. The van der Waals surface area contributed by atoms with E-state index in [0.29, 0.717) is 12.1 Å². The fourth-order valence-corrected chi connectivity index (χ4v) is 5.61. The van der Waals surface area contributed by atoms with Crippen LogP contribution in [0.25, 0.3) is 10.9 Å². The Kier molecular flexibility index (Phi) is 3.86. The van der Waals surface area contributed by atoms with E-state index in [2.05, 4.69) is 40.1 Å². The van der Waals surface area contributed by atoms with E-state index in [1.54, 1.807) is 18.2 Å². The molecule has 3 aromatic rings. The van der Waals surface area contributed by atoms with Crippen molar-refractivity contribution >= 4 is 32.5 Å². The second kappa shape index (κ2) is 6.18. The Hall–Kier alpha value is -2.64. The zero-order chi connectivity index (χ0) is 19.5. The average Bonchev–Trinajstić information content (AvgIpc) is 3.19. The highest BCUT2D eigenvalue weighted by Gasteiger charge is 2.28. The molecule has 7 heteroatoms. The molecule has 3 N–H and O–H groups in total. The van der Waals surface area contributed by atoms with Crippen molar-refractivity contribution in [1.82, 2.24) is 9.71 Å². The summed E-state index contributed by atoms with van der Waals surface area (Å²) in [6.07, 6.45) is 2.46. The van der Waals surface area contributed by atoms with Crippen LogP contribution in [0.4, 0.5) is 5.69 Å². The number of carbonyl (C=O) groups is 1. The fourth-order valence-electron chi connectivity index (χ4n) is 4.29. The van der Waals surface area contributed by atoms with E-state index in [9.17, 15) is 13.2 Å². The Labute approximate surface area is 163 Å². The molecule has 28 heavy (non-hydrogen) atoms. The van der Waals surface area contributed by atoms with E-state index in [0.717, 1.165) is 23.9 Å². The number of aryl methyl sites for hydroxylation is 2. The molecule has 0 radical (unpaired) electrons. The molecule has 0 fully saturated rings. The minimum atomic E-state index is -3.65. The molecule has 5 rings (SSSR count). The van der Waals surface area contributed by atoms with Gasteiger partial charge in [-0.2, -0.15) is 0 Å². The van der Waals surface area contributed by atoms with Gasteiger partial charge in [0.25, 0.3) is 0 Å². The van der Waals surface area contributed by atoms with Crippen molar-refractivity contribution < 1.29 is 13.2 Å². The predicted octanol–water partition coefficient (Wildman–Crippen LogP) is 2.81. The van der Waals surface area contributed by atoms with E-state index in [1.807, 2.05) is 0 Å². The van der Waals surface area contributed by atoms with Gasteiger partial charge < -0.3 is 10.3 Å². The summed E-state index contributed by atoms with van der Waals surface area (Å²) in [5.74, 6) is -0.105. The lowest BCUT2D eigenvalue weighted by atomic mass is 9.92. The minimum Gasteiger partial charge on any atom is -0.358 e. The quantitative estimate of drug-likeness (QED) is 0.637. The molecule has 144 valence electrons. The van der Waals surface area contributed by atoms with Gasteiger partial charge in [0, 0.05) is 28.3 Å². The first-order chi connectivity index (χ1) is 13.4. The van der Waals surface area contributed by atoms with Crippen LogP contribution in [0, 0.1) is 6.92 Å². The van der Waals surface area contributed by atoms with E-state index in [4.69, 9.17) is 0 Å². The molecule has 6 nitrogen and oxygen atoms in total. The summed E-state index contributed by atoms with van der Waals surface area (Å²) in [5.41, 5.74) is 6.14. The molecule has 1 atom stereocenters. The summed E-state index contributed by atoms with van der Waals surface area (Å²) in [7, 11) is -3.65. The van der Waals surface area contributed by atoms with Crippen molar-refractivity contribution in [2.24, 2.45) is 0 Å². The monoisotopic (exact) mass is 395 g/mol. The lowest BCUT2D eigenvalue weighted by Gasteiger charge is -2.23. The molecule has 0 saturated heterocycles. The summed E-state index contributed by atoms with van der Waals surface area (Å²) < 4.78 is 28.7. The highest BCUT2D eigenvalue weighted by molar-refractivity contribution is 7.89. The number of carbonyl (C=O) groups excluding carboxylic acids is 1. The summed E-state index contributed by atoms with van der Waals surface area (Å²) in [6.45, 7) is 2.06. The van der Waals surface area contributed by atoms with Gasteiger partial charge in [-0.25, -0.2) is 13.1 Å². The summed E-state index contributed by atoms with van der Waals surface area (Å²) in [6, 6.07) is 11.0. The Morgan fingerprint density at radius 1 is 1.14 bits per heavy atom. The maximum absolute atomic E-state index is 12.9. The molecule has 1 aliphatic heterocycles. The van der Waals surface area contributed by atoms with Gasteiger partial charge in [0.1, 0.15) is 0 Å². The first kappa shape index (κ1) is 17.5. The Morgan fingerprint density at radius 2 is 2.00 bits per heavy atom. The number of fused-ring (bicyclic) bond motifs is 4. The van der Waals surface area contributed by atoms with Gasteiger partial charge >= 0.3 is 0 Å². The van der Waals surface area contributed by atoms with Crippen LogP contribution in [-0.2, 0) is 34.1 Å². The molecule has 1 aliphatic carbocycles. The number of hydrogen-bond acceptors (Lipinski definition) is 3. The first-order valence-electron chi connectivity index (χ1n) is 9.44. The number of rotatable bonds is 3. The molecular formula is C21H21N3O3S. The van der Waals surface area contributed by atoms with Gasteiger partial charge in [0.15, 0.2) is 0 Å². The zero-order valence-corrected chi connectivity index (χ0v) is 16.3. The van der Waals surface area contributed by atoms with Gasteiger partial charge in [-0.15, -0.1) is 0 Å². The van der Waals surface area contributed by atoms with Gasteiger partial charge in [-0.1, -0.05) is 11.6 Å².